The Labute approximate surface area is 125 Å². The van der Waals surface area contributed by atoms with Crippen molar-refractivity contribution < 1.29 is 0 Å². The Bertz CT molecular complexity index is 370. The van der Waals surface area contributed by atoms with Crippen LogP contribution in [-0.4, -0.2) is 12.1 Å². The third kappa shape index (κ3) is 1.65. The predicted molar refractivity (Wildman–Crippen MR) is 84.6 cm³/mol. The standard InChI is InChI=1S/C19H33N/c1-12(20-16-17(2,3)18(16,4)5)19-9-13-6-14(10-19)8-15(7-13)11-19/h12-16,20H,6-11H2,1-5H3. The molecule has 5 fully saturated rings. The molecule has 5 saturated carbocycles. The van der Waals surface area contributed by atoms with Gasteiger partial charge in [0.1, 0.15) is 0 Å². The first-order valence-electron chi connectivity index (χ1n) is 9.01. The minimum absolute atomic E-state index is 0.476. The van der Waals surface area contributed by atoms with E-state index in [1.807, 2.05) is 0 Å². The molecule has 114 valence electrons. The minimum Gasteiger partial charge on any atom is -0.310 e. The fourth-order valence-corrected chi connectivity index (χ4v) is 6.75. The van der Waals surface area contributed by atoms with Gasteiger partial charge in [-0.05, 0) is 79.4 Å². The van der Waals surface area contributed by atoms with E-state index in [1.54, 1.807) is 19.3 Å². The molecule has 0 radical (unpaired) electrons. The van der Waals surface area contributed by atoms with Crippen molar-refractivity contribution in [2.45, 2.75) is 85.2 Å². The molecule has 1 nitrogen and oxygen atoms in total. The molecule has 0 saturated heterocycles. The second-order valence-electron chi connectivity index (χ2n) is 10.0. The zero-order valence-corrected chi connectivity index (χ0v) is 14.1. The van der Waals surface area contributed by atoms with Gasteiger partial charge in [-0.1, -0.05) is 27.7 Å². The van der Waals surface area contributed by atoms with Crippen LogP contribution < -0.4 is 5.32 Å². The van der Waals surface area contributed by atoms with Gasteiger partial charge in [-0.2, -0.15) is 0 Å². The van der Waals surface area contributed by atoms with E-state index in [1.165, 1.54) is 19.3 Å². The van der Waals surface area contributed by atoms with Crippen LogP contribution in [0, 0.1) is 34.0 Å². The highest BCUT2D eigenvalue weighted by Crippen LogP contribution is 2.65. The Balaban J connectivity index is 1.51. The summed E-state index contributed by atoms with van der Waals surface area (Å²) in [6, 6.07) is 1.44. The number of hydrogen-bond donors (Lipinski definition) is 1. The van der Waals surface area contributed by atoms with E-state index in [9.17, 15) is 0 Å². The Kier molecular flexibility index (Phi) is 2.61. The van der Waals surface area contributed by atoms with Crippen LogP contribution >= 0.6 is 0 Å². The summed E-state index contributed by atoms with van der Waals surface area (Å²) in [4.78, 5) is 0. The van der Waals surface area contributed by atoms with Gasteiger partial charge in [0.25, 0.3) is 0 Å². The molecule has 1 heteroatoms. The molecule has 0 amide bonds. The van der Waals surface area contributed by atoms with Crippen LogP contribution in [0.3, 0.4) is 0 Å². The number of hydrogen-bond acceptors (Lipinski definition) is 1. The number of rotatable bonds is 3. The lowest BCUT2D eigenvalue weighted by Gasteiger charge is -2.59. The van der Waals surface area contributed by atoms with Crippen molar-refractivity contribution in [2.24, 2.45) is 34.0 Å². The Morgan fingerprint density at radius 3 is 1.55 bits per heavy atom. The van der Waals surface area contributed by atoms with Crippen molar-refractivity contribution in [2.75, 3.05) is 0 Å². The first-order chi connectivity index (χ1) is 9.24. The lowest BCUT2D eigenvalue weighted by Crippen LogP contribution is -2.55. The fraction of sp³-hybridized carbons (Fsp3) is 1.00. The monoisotopic (exact) mass is 275 g/mol. The van der Waals surface area contributed by atoms with Crippen molar-refractivity contribution in [3.05, 3.63) is 0 Å². The van der Waals surface area contributed by atoms with Gasteiger partial charge >= 0.3 is 0 Å². The Hall–Kier alpha value is -0.0400. The van der Waals surface area contributed by atoms with Gasteiger partial charge in [0.2, 0.25) is 0 Å². The average molecular weight is 275 g/mol. The third-order valence-corrected chi connectivity index (χ3v) is 8.44. The largest absolute Gasteiger partial charge is 0.310 e. The molecule has 5 rings (SSSR count). The highest BCUT2D eigenvalue weighted by molar-refractivity contribution is 5.19. The molecule has 0 aromatic heterocycles. The molecule has 0 aliphatic heterocycles. The zero-order valence-electron chi connectivity index (χ0n) is 14.1. The van der Waals surface area contributed by atoms with Crippen molar-refractivity contribution >= 4 is 0 Å². The maximum absolute atomic E-state index is 4.09. The van der Waals surface area contributed by atoms with Gasteiger partial charge in [-0.25, -0.2) is 0 Å². The van der Waals surface area contributed by atoms with Gasteiger partial charge in [0.15, 0.2) is 0 Å². The van der Waals surface area contributed by atoms with Crippen LogP contribution in [0.15, 0.2) is 0 Å². The van der Waals surface area contributed by atoms with Crippen LogP contribution in [0.2, 0.25) is 0 Å². The summed E-state index contributed by atoms with van der Waals surface area (Å²) in [6.07, 6.45) is 9.27. The van der Waals surface area contributed by atoms with Crippen LogP contribution in [0.5, 0.6) is 0 Å². The lowest BCUT2D eigenvalue weighted by molar-refractivity contribution is -0.0713. The highest BCUT2D eigenvalue weighted by atomic mass is 15.1. The lowest BCUT2D eigenvalue weighted by atomic mass is 9.48. The van der Waals surface area contributed by atoms with E-state index in [4.69, 9.17) is 0 Å². The summed E-state index contributed by atoms with van der Waals surface area (Å²) < 4.78 is 0. The van der Waals surface area contributed by atoms with E-state index in [0.29, 0.717) is 16.2 Å². The topological polar surface area (TPSA) is 12.0 Å². The Morgan fingerprint density at radius 2 is 1.20 bits per heavy atom. The minimum atomic E-state index is 0.476. The van der Waals surface area contributed by atoms with E-state index in [-0.39, 0.29) is 0 Å². The molecule has 20 heavy (non-hydrogen) atoms. The fourth-order valence-electron chi connectivity index (χ4n) is 6.75. The quantitative estimate of drug-likeness (QED) is 0.793. The van der Waals surface area contributed by atoms with Gasteiger partial charge in [0.05, 0.1) is 0 Å². The predicted octanol–water partition coefficient (Wildman–Crippen LogP) is 4.62. The zero-order chi connectivity index (χ0) is 14.3. The molecule has 0 spiro atoms. The normalized spacial score (nSPS) is 49.4. The van der Waals surface area contributed by atoms with E-state index in [2.05, 4.69) is 39.9 Å². The van der Waals surface area contributed by atoms with Crippen molar-refractivity contribution in [3.63, 3.8) is 0 Å². The summed E-state index contributed by atoms with van der Waals surface area (Å²) in [6.45, 7) is 12.3. The summed E-state index contributed by atoms with van der Waals surface area (Å²) in [5.41, 5.74) is 1.61. The molecule has 0 heterocycles. The van der Waals surface area contributed by atoms with Gasteiger partial charge in [-0.3, -0.25) is 0 Å². The first kappa shape index (κ1) is 13.6. The summed E-state index contributed by atoms with van der Waals surface area (Å²) in [5.74, 6) is 3.22. The molecule has 5 aliphatic rings. The van der Waals surface area contributed by atoms with Gasteiger partial charge in [-0.15, -0.1) is 0 Å². The molecule has 1 N–H and O–H groups in total. The Morgan fingerprint density at radius 1 is 0.800 bits per heavy atom. The molecular weight excluding hydrogens is 242 g/mol. The second kappa shape index (κ2) is 3.83. The SMILES string of the molecule is CC(NC1C(C)(C)C1(C)C)C12CC3CC(CC(C3)C1)C2. The highest BCUT2D eigenvalue weighted by Gasteiger charge is 2.66. The molecule has 0 aromatic carbocycles. The second-order valence-corrected chi connectivity index (χ2v) is 10.0. The maximum Gasteiger partial charge on any atom is 0.0183 e. The van der Waals surface area contributed by atoms with Crippen LogP contribution in [0.25, 0.3) is 0 Å². The van der Waals surface area contributed by atoms with E-state index >= 15 is 0 Å². The van der Waals surface area contributed by atoms with Crippen LogP contribution in [-0.2, 0) is 0 Å². The molecule has 1 unspecified atom stereocenters. The third-order valence-electron chi connectivity index (χ3n) is 8.44. The number of nitrogens with one attached hydrogen (secondary N) is 1. The molecular formula is C19H33N. The summed E-state index contributed by atoms with van der Waals surface area (Å²) in [7, 11) is 0. The van der Waals surface area contributed by atoms with Gasteiger partial charge in [0, 0.05) is 12.1 Å². The van der Waals surface area contributed by atoms with Crippen molar-refractivity contribution in [1.82, 2.24) is 5.32 Å². The van der Waals surface area contributed by atoms with Crippen molar-refractivity contribution in [1.29, 1.82) is 0 Å². The first-order valence-corrected chi connectivity index (χ1v) is 9.01. The summed E-state index contributed by atoms with van der Waals surface area (Å²) in [5, 5.41) is 4.09. The van der Waals surface area contributed by atoms with Gasteiger partial charge < -0.3 is 5.32 Å². The van der Waals surface area contributed by atoms with Crippen molar-refractivity contribution in [3.8, 4) is 0 Å². The molecule has 1 atom stereocenters. The molecule has 4 bridgehead atoms. The van der Waals surface area contributed by atoms with E-state index < -0.39 is 0 Å². The van der Waals surface area contributed by atoms with Crippen LogP contribution in [0.1, 0.15) is 73.1 Å². The van der Waals surface area contributed by atoms with E-state index in [0.717, 1.165) is 29.8 Å². The molecule has 5 aliphatic carbocycles. The molecule has 0 aromatic rings. The average Bonchev–Trinajstić information content (AvgIpc) is 2.69. The summed E-state index contributed by atoms with van der Waals surface area (Å²) >= 11 is 0. The maximum atomic E-state index is 4.09. The van der Waals surface area contributed by atoms with Crippen LogP contribution in [0.4, 0.5) is 0 Å². The smallest absolute Gasteiger partial charge is 0.0183 e.